The molecule has 7 nitrogen and oxygen atoms in total. The molecule has 1 atom stereocenters. The predicted octanol–water partition coefficient (Wildman–Crippen LogP) is -1.14. The van der Waals surface area contributed by atoms with Crippen LogP contribution in [0.25, 0.3) is 0 Å². The number of pyridine rings is 1. The summed E-state index contributed by atoms with van der Waals surface area (Å²) in [6.45, 7) is -0.188. The molecule has 1 aromatic rings. The molecular formula is C9H13N3O4S. The van der Waals surface area contributed by atoms with E-state index in [0.717, 1.165) is 7.11 Å². The van der Waals surface area contributed by atoms with E-state index >= 15 is 0 Å². The highest BCUT2D eigenvalue weighted by atomic mass is 32.2. The smallest absolute Gasteiger partial charge is 0.325 e. The SMILES string of the molecule is COC(=O)C(CN)NS(=O)(=O)c1cccnc1. The molecule has 0 saturated carbocycles. The highest BCUT2D eigenvalue weighted by molar-refractivity contribution is 7.89. The monoisotopic (exact) mass is 259 g/mol. The van der Waals surface area contributed by atoms with Gasteiger partial charge in [-0.1, -0.05) is 0 Å². The topological polar surface area (TPSA) is 111 Å². The molecule has 1 unspecified atom stereocenters. The quantitative estimate of drug-likeness (QED) is 0.646. The van der Waals surface area contributed by atoms with Crippen LogP contribution in [0.2, 0.25) is 0 Å². The Hall–Kier alpha value is -1.51. The molecule has 0 bridgehead atoms. The Morgan fingerprint density at radius 3 is 2.82 bits per heavy atom. The number of carbonyl (C=O) groups excluding carboxylic acids is 1. The average molecular weight is 259 g/mol. The standard InChI is InChI=1S/C9H13N3O4S/c1-16-9(13)8(5-10)12-17(14,15)7-3-2-4-11-6-7/h2-4,6,8,12H,5,10H2,1H3. The van der Waals surface area contributed by atoms with Crippen molar-refractivity contribution in [3.8, 4) is 0 Å². The molecule has 0 aliphatic carbocycles. The van der Waals surface area contributed by atoms with Gasteiger partial charge in [-0.2, -0.15) is 4.72 Å². The van der Waals surface area contributed by atoms with Gasteiger partial charge in [0.25, 0.3) is 0 Å². The van der Waals surface area contributed by atoms with Crippen molar-refractivity contribution in [1.82, 2.24) is 9.71 Å². The first-order chi connectivity index (χ1) is 8.01. The van der Waals surface area contributed by atoms with Gasteiger partial charge in [-0.05, 0) is 12.1 Å². The van der Waals surface area contributed by atoms with Crippen molar-refractivity contribution >= 4 is 16.0 Å². The third kappa shape index (κ3) is 3.48. The number of aromatic nitrogens is 1. The van der Waals surface area contributed by atoms with E-state index < -0.39 is 22.0 Å². The Labute approximate surface area is 99.0 Å². The molecule has 0 radical (unpaired) electrons. The predicted molar refractivity (Wildman–Crippen MR) is 59.4 cm³/mol. The van der Waals surface area contributed by atoms with Gasteiger partial charge < -0.3 is 10.5 Å². The van der Waals surface area contributed by atoms with Gasteiger partial charge in [0.15, 0.2) is 0 Å². The molecule has 17 heavy (non-hydrogen) atoms. The van der Waals surface area contributed by atoms with Crippen molar-refractivity contribution < 1.29 is 17.9 Å². The Balaban J connectivity index is 2.90. The third-order valence-corrected chi connectivity index (χ3v) is 3.42. The summed E-state index contributed by atoms with van der Waals surface area (Å²) >= 11 is 0. The summed E-state index contributed by atoms with van der Waals surface area (Å²) in [4.78, 5) is 14.9. The van der Waals surface area contributed by atoms with E-state index in [1.807, 2.05) is 0 Å². The van der Waals surface area contributed by atoms with E-state index in [2.05, 4.69) is 14.4 Å². The van der Waals surface area contributed by atoms with Crippen LogP contribution < -0.4 is 10.5 Å². The van der Waals surface area contributed by atoms with E-state index in [0.29, 0.717) is 0 Å². The Kier molecular flexibility index (Phi) is 4.55. The van der Waals surface area contributed by atoms with E-state index in [4.69, 9.17) is 5.73 Å². The zero-order chi connectivity index (χ0) is 12.9. The maximum atomic E-state index is 11.8. The largest absolute Gasteiger partial charge is 0.468 e. The maximum Gasteiger partial charge on any atom is 0.325 e. The van der Waals surface area contributed by atoms with Gasteiger partial charge >= 0.3 is 5.97 Å². The Morgan fingerprint density at radius 2 is 2.35 bits per heavy atom. The normalized spacial score (nSPS) is 13.1. The number of nitrogens with two attached hydrogens (primary N) is 1. The number of ether oxygens (including phenoxy) is 1. The van der Waals surface area contributed by atoms with Crippen LogP contribution in [-0.4, -0.2) is 39.1 Å². The lowest BCUT2D eigenvalue weighted by Crippen LogP contribution is -2.46. The van der Waals surface area contributed by atoms with Crippen LogP contribution in [-0.2, 0) is 19.6 Å². The first kappa shape index (κ1) is 13.6. The van der Waals surface area contributed by atoms with Gasteiger partial charge in [-0.25, -0.2) is 8.42 Å². The number of rotatable bonds is 5. The first-order valence-electron chi connectivity index (χ1n) is 4.71. The second kappa shape index (κ2) is 5.71. The number of esters is 1. The third-order valence-electron chi connectivity index (χ3n) is 1.96. The van der Waals surface area contributed by atoms with Gasteiger partial charge in [-0.3, -0.25) is 9.78 Å². The molecule has 3 N–H and O–H groups in total. The van der Waals surface area contributed by atoms with Crippen molar-refractivity contribution in [2.24, 2.45) is 5.73 Å². The fourth-order valence-corrected chi connectivity index (χ4v) is 2.26. The van der Waals surface area contributed by atoms with E-state index in [-0.39, 0.29) is 11.4 Å². The highest BCUT2D eigenvalue weighted by Crippen LogP contribution is 2.06. The molecule has 0 aromatic carbocycles. The Bertz CT molecular complexity index is 474. The van der Waals surface area contributed by atoms with Gasteiger partial charge in [0.2, 0.25) is 10.0 Å². The molecule has 0 fully saturated rings. The lowest BCUT2D eigenvalue weighted by Gasteiger charge is -2.14. The van der Waals surface area contributed by atoms with Crippen molar-refractivity contribution in [2.75, 3.05) is 13.7 Å². The lowest BCUT2D eigenvalue weighted by atomic mass is 10.3. The minimum absolute atomic E-state index is 0.0395. The van der Waals surface area contributed by atoms with Crippen LogP contribution in [0.15, 0.2) is 29.4 Å². The van der Waals surface area contributed by atoms with Gasteiger partial charge in [-0.15, -0.1) is 0 Å². The number of nitrogens with zero attached hydrogens (tertiary/aromatic N) is 1. The molecule has 8 heteroatoms. The molecule has 1 heterocycles. The van der Waals surface area contributed by atoms with E-state index in [1.165, 1.54) is 24.5 Å². The molecule has 94 valence electrons. The van der Waals surface area contributed by atoms with E-state index in [9.17, 15) is 13.2 Å². The second-order valence-electron chi connectivity index (χ2n) is 3.12. The van der Waals surface area contributed by atoms with Crippen LogP contribution in [0.1, 0.15) is 0 Å². The highest BCUT2D eigenvalue weighted by Gasteiger charge is 2.25. The molecule has 1 rings (SSSR count). The summed E-state index contributed by atoms with van der Waals surface area (Å²) < 4.78 is 30.2. The molecule has 0 aliphatic rings. The average Bonchev–Trinajstić information content (AvgIpc) is 2.36. The van der Waals surface area contributed by atoms with Gasteiger partial charge in [0.1, 0.15) is 10.9 Å². The number of carbonyl (C=O) groups is 1. The van der Waals surface area contributed by atoms with Crippen LogP contribution in [0, 0.1) is 0 Å². The minimum atomic E-state index is -3.82. The first-order valence-corrected chi connectivity index (χ1v) is 6.20. The summed E-state index contributed by atoms with van der Waals surface area (Å²) in [7, 11) is -2.66. The maximum absolute atomic E-state index is 11.8. The Morgan fingerprint density at radius 1 is 1.65 bits per heavy atom. The van der Waals surface area contributed by atoms with Crippen molar-refractivity contribution in [1.29, 1.82) is 0 Å². The van der Waals surface area contributed by atoms with Crippen molar-refractivity contribution in [3.05, 3.63) is 24.5 Å². The number of hydrogen-bond donors (Lipinski definition) is 2. The molecule has 0 spiro atoms. The molecule has 1 aromatic heterocycles. The summed E-state index contributed by atoms with van der Waals surface area (Å²) in [5.74, 6) is -0.736. The number of hydrogen-bond acceptors (Lipinski definition) is 6. The van der Waals surface area contributed by atoms with Crippen LogP contribution in [0.4, 0.5) is 0 Å². The van der Waals surface area contributed by atoms with Gasteiger partial charge in [0, 0.05) is 18.9 Å². The summed E-state index contributed by atoms with van der Waals surface area (Å²) in [5.41, 5.74) is 5.29. The van der Waals surface area contributed by atoms with Crippen LogP contribution in [0.5, 0.6) is 0 Å². The zero-order valence-electron chi connectivity index (χ0n) is 9.16. The number of nitrogens with one attached hydrogen (secondary N) is 1. The second-order valence-corrected chi connectivity index (χ2v) is 4.84. The van der Waals surface area contributed by atoms with E-state index in [1.54, 1.807) is 0 Å². The number of methoxy groups -OCH3 is 1. The molecule has 0 saturated heterocycles. The van der Waals surface area contributed by atoms with Crippen LogP contribution in [0.3, 0.4) is 0 Å². The summed E-state index contributed by atoms with van der Waals surface area (Å²) in [5, 5.41) is 0. The van der Waals surface area contributed by atoms with Gasteiger partial charge in [0.05, 0.1) is 7.11 Å². The van der Waals surface area contributed by atoms with Crippen LogP contribution >= 0.6 is 0 Å². The summed E-state index contributed by atoms with van der Waals surface area (Å²) in [6.07, 6.45) is 2.62. The fraction of sp³-hybridized carbons (Fsp3) is 0.333. The number of sulfonamides is 1. The van der Waals surface area contributed by atoms with Crippen molar-refractivity contribution in [2.45, 2.75) is 10.9 Å². The lowest BCUT2D eigenvalue weighted by molar-refractivity contribution is -0.142. The fourth-order valence-electron chi connectivity index (χ4n) is 1.10. The molecule has 0 amide bonds. The molecule has 0 aliphatic heterocycles. The zero-order valence-corrected chi connectivity index (χ0v) is 9.98. The molecular weight excluding hydrogens is 246 g/mol. The summed E-state index contributed by atoms with van der Waals surface area (Å²) in [6, 6.07) is 1.73. The van der Waals surface area contributed by atoms with Crippen molar-refractivity contribution in [3.63, 3.8) is 0 Å². The minimum Gasteiger partial charge on any atom is -0.468 e.